The molecule has 1 unspecified atom stereocenters. The highest BCUT2D eigenvalue weighted by atomic mass is 79.9. The predicted octanol–water partition coefficient (Wildman–Crippen LogP) is 3.83. The van der Waals surface area contributed by atoms with Crippen molar-refractivity contribution in [3.63, 3.8) is 0 Å². The second kappa shape index (κ2) is 4.67. The highest BCUT2D eigenvalue weighted by Gasteiger charge is 2.33. The maximum Gasteiger partial charge on any atom is 0.0435 e. The fourth-order valence-corrected chi connectivity index (χ4v) is 2.87. The molecule has 0 amide bonds. The summed E-state index contributed by atoms with van der Waals surface area (Å²) in [5.41, 5.74) is 1.71. The van der Waals surface area contributed by atoms with E-state index in [0.29, 0.717) is 0 Å². The van der Waals surface area contributed by atoms with Gasteiger partial charge in [-0.1, -0.05) is 41.4 Å². The van der Waals surface area contributed by atoms with Gasteiger partial charge in [0.25, 0.3) is 0 Å². The third-order valence-electron chi connectivity index (χ3n) is 3.32. The Labute approximate surface area is 100 Å². The first-order valence-corrected chi connectivity index (χ1v) is 6.57. The summed E-state index contributed by atoms with van der Waals surface area (Å²) < 4.78 is 1.16. The van der Waals surface area contributed by atoms with E-state index in [4.69, 9.17) is 0 Å². The number of benzene rings is 1. The maximum absolute atomic E-state index is 3.69. The second-order valence-electron chi connectivity index (χ2n) is 4.37. The highest BCUT2D eigenvalue weighted by molar-refractivity contribution is 9.10. The van der Waals surface area contributed by atoms with Crippen LogP contribution < -0.4 is 5.32 Å². The number of rotatable bonds is 3. The summed E-state index contributed by atoms with van der Waals surface area (Å²) in [5, 5.41) is 3.69. The standard InChI is InChI=1S/C13H18BrN/c1-2-8-13(9-3-10-15-13)11-4-6-12(14)7-5-11/h4-7,15H,2-3,8-10H2,1H3. The molecular weight excluding hydrogens is 250 g/mol. The quantitative estimate of drug-likeness (QED) is 0.878. The van der Waals surface area contributed by atoms with Crippen LogP contribution in [-0.2, 0) is 5.54 Å². The molecule has 2 rings (SSSR count). The summed E-state index contributed by atoms with van der Waals surface area (Å²) in [7, 11) is 0. The van der Waals surface area contributed by atoms with Crippen molar-refractivity contribution in [2.75, 3.05) is 6.54 Å². The van der Waals surface area contributed by atoms with Gasteiger partial charge in [0.15, 0.2) is 0 Å². The Morgan fingerprint density at radius 3 is 2.60 bits per heavy atom. The summed E-state index contributed by atoms with van der Waals surface area (Å²) in [6.45, 7) is 3.43. The Bertz CT molecular complexity index is 312. The van der Waals surface area contributed by atoms with Gasteiger partial charge in [-0.2, -0.15) is 0 Å². The van der Waals surface area contributed by atoms with Crippen molar-refractivity contribution in [2.45, 2.75) is 38.1 Å². The topological polar surface area (TPSA) is 12.0 Å². The minimum atomic E-state index is 0.259. The first-order valence-electron chi connectivity index (χ1n) is 5.78. The lowest BCUT2D eigenvalue weighted by molar-refractivity contribution is 0.356. The van der Waals surface area contributed by atoms with Gasteiger partial charge in [0.05, 0.1) is 0 Å². The first kappa shape index (κ1) is 11.2. The molecule has 0 spiro atoms. The van der Waals surface area contributed by atoms with Crippen molar-refractivity contribution in [1.82, 2.24) is 5.32 Å². The molecule has 0 radical (unpaired) electrons. The van der Waals surface area contributed by atoms with Gasteiger partial charge in [-0.05, 0) is 43.5 Å². The van der Waals surface area contributed by atoms with Gasteiger partial charge in [-0.15, -0.1) is 0 Å². The van der Waals surface area contributed by atoms with Gasteiger partial charge in [-0.3, -0.25) is 0 Å². The van der Waals surface area contributed by atoms with Crippen LogP contribution in [-0.4, -0.2) is 6.54 Å². The fraction of sp³-hybridized carbons (Fsp3) is 0.538. The van der Waals surface area contributed by atoms with E-state index >= 15 is 0 Å². The molecule has 1 aliphatic heterocycles. The predicted molar refractivity (Wildman–Crippen MR) is 68.0 cm³/mol. The van der Waals surface area contributed by atoms with Crippen LogP contribution in [0.15, 0.2) is 28.7 Å². The largest absolute Gasteiger partial charge is 0.307 e. The molecule has 0 aliphatic carbocycles. The third-order valence-corrected chi connectivity index (χ3v) is 3.85. The smallest absolute Gasteiger partial charge is 0.0435 e. The summed E-state index contributed by atoms with van der Waals surface area (Å²) in [6.07, 6.45) is 5.07. The Hall–Kier alpha value is -0.340. The van der Waals surface area contributed by atoms with Crippen LogP contribution in [0.25, 0.3) is 0 Å². The van der Waals surface area contributed by atoms with Crippen molar-refractivity contribution >= 4 is 15.9 Å². The molecule has 1 aromatic rings. The Morgan fingerprint density at radius 1 is 1.33 bits per heavy atom. The molecule has 1 N–H and O–H groups in total. The molecule has 1 saturated heterocycles. The van der Waals surface area contributed by atoms with Crippen LogP contribution in [0.4, 0.5) is 0 Å². The maximum atomic E-state index is 3.69. The van der Waals surface area contributed by atoms with Crippen molar-refractivity contribution in [3.05, 3.63) is 34.3 Å². The molecule has 15 heavy (non-hydrogen) atoms. The molecule has 1 atom stereocenters. The highest BCUT2D eigenvalue weighted by Crippen LogP contribution is 2.35. The van der Waals surface area contributed by atoms with Crippen LogP contribution in [0.1, 0.15) is 38.2 Å². The van der Waals surface area contributed by atoms with Crippen LogP contribution in [0, 0.1) is 0 Å². The summed E-state index contributed by atoms with van der Waals surface area (Å²) in [6, 6.07) is 8.79. The number of nitrogens with one attached hydrogen (secondary N) is 1. The average Bonchev–Trinajstić information content (AvgIpc) is 2.69. The number of hydrogen-bond acceptors (Lipinski definition) is 1. The molecule has 1 nitrogen and oxygen atoms in total. The van der Waals surface area contributed by atoms with Gasteiger partial charge in [-0.25, -0.2) is 0 Å². The summed E-state index contributed by atoms with van der Waals surface area (Å²) in [5.74, 6) is 0. The average molecular weight is 268 g/mol. The normalized spacial score (nSPS) is 25.7. The molecule has 0 saturated carbocycles. The lowest BCUT2D eigenvalue weighted by atomic mass is 9.84. The Kier molecular flexibility index (Phi) is 3.47. The molecule has 0 aromatic heterocycles. The monoisotopic (exact) mass is 267 g/mol. The molecular formula is C13H18BrN. The van der Waals surface area contributed by atoms with Gasteiger partial charge < -0.3 is 5.32 Å². The zero-order valence-corrected chi connectivity index (χ0v) is 10.8. The van der Waals surface area contributed by atoms with E-state index in [2.05, 4.69) is 52.4 Å². The minimum Gasteiger partial charge on any atom is -0.307 e. The molecule has 1 aromatic carbocycles. The van der Waals surface area contributed by atoms with Crippen molar-refractivity contribution < 1.29 is 0 Å². The van der Waals surface area contributed by atoms with E-state index in [1.165, 1.54) is 31.2 Å². The Morgan fingerprint density at radius 2 is 2.07 bits per heavy atom. The molecule has 1 heterocycles. The van der Waals surface area contributed by atoms with E-state index in [0.717, 1.165) is 11.0 Å². The van der Waals surface area contributed by atoms with Crippen molar-refractivity contribution in [3.8, 4) is 0 Å². The van der Waals surface area contributed by atoms with Crippen LogP contribution >= 0.6 is 15.9 Å². The first-order chi connectivity index (χ1) is 7.27. The van der Waals surface area contributed by atoms with Crippen molar-refractivity contribution in [1.29, 1.82) is 0 Å². The fourth-order valence-electron chi connectivity index (χ4n) is 2.61. The SMILES string of the molecule is CCCC1(c2ccc(Br)cc2)CCCN1. The van der Waals surface area contributed by atoms with Gasteiger partial charge in [0, 0.05) is 10.0 Å². The van der Waals surface area contributed by atoms with Gasteiger partial charge in [0.2, 0.25) is 0 Å². The minimum absolute atomic E-state index is 0.259. The molecule has 1 aliphatic rings. The number of hydrogen-bond donors (Lipinski definition) is 1. The summed E-state index contributed by atoms with van der Waals surface area (Å²) >= 11 is 3.49. The Balaban J connectivity index is 2.28. The van der Waals surface area contributed by atoms with Gasteiger partial charge >= 0.3 is 0 Å². The zero-order valence-electron chi connectivity index (χ0n) is 9.22. The number of halogens is 1. The molecule has 1 fully saturated rings. The lowest BCUT2D eigenvalue weighted by Gasteiger charge is -2.30. The van der Waals surface area contributed by atoms with Crippen molar-refractivity contribution in [2.24, 2.45) is 0 Å². The van der Waals surface area contributed by atoms with E-state index in [-0.39, 0.29) is 5.54 Å². The summed E-state index contributed by atoms with van der Waals surface area (Å²) in [4.78, 5) is 0. The van der Waals surface area contributed by atoms with Crippen LogP contribution in [0.5, 0.6) is 0 Å². The van der Waals surface area contributed by atoms with E-state index in [1.807, 2.05) is 0 Å². The van der Waals surface area contributed by atoms with Crippen LogP contribution in [0.2, 0.25) is 0 Å². The lowest BCUT2D eigenvalue weighted by Crippen LogP contribution is -2.36. The molecule has 82 valence electrons. The molecule has 0 bridgehead atoms. The van der Waals surface area contributed by atoms with E-state index in [1.54, 1.807) is 0 Å². The van der Waals surface area contributed by atoms with Gasteiger partial charge in [0.1, 0.15) is 0 Å². The zero-order chi connectivity index (χ0) is 10.7. The van der Waals surface area contributed by atoms with E-state index < -0.39 is 0 Å². The van der Waals surface area contributed by atoms with E-state index in [9.17, 15) is 0 Å². The molecule has 2 heteroatoms. The third kappa shape index (κ3) is 2.26. The van der Waals surface area contributed by atoms with Crippen LogP contribution in [0.3, 0.4) is 0 Å². The second-order valence-corrected chi connectivity index (χ2v) is 5.29.